The molecule has 0 aromatic carbocycles. The highest BCUT2D eigenvalue weighted by Crippen LogP contribution is 2.19. The molecule has 0 radical (unpaired) electrons. The molecule has 0 bridgehead atoms. The number of aromatic amines is 2. The summed E-state index contributed by atoms with van der Waals surface area (Å²) in [6.07, 6.45) is 1.64. The Hall–Kier alpha value is -3.03. The van der Waals surface area contributed by atoms with E-state index in [0.717, 1.165) is 0 Å². The minimum atomic E-state index is -0.593. The molecule has 2 N–H and O–H groups in total. The Morgan fingerprint density at radius 2 is 2.00 bits per heavy atom. The van der Waals surface area contributed by atoms with Crippen LogP contribution in [-0.4, -0.2) is 29.7 Å². The number of nitrogens with one attached hydrogen (secondary N) is 2. The second-order valence-corrected chi connectivity index (χ2v) is 5.05. The van der Waals surface area contributed by atoms with Crippen LogP contribution in [0.15, 0.2) is 40.1 Å². The molecular formula is C14H14N6O2. The van der Waals surface area contributed by atoms with Gasteiger partial charge in [0.15, 0.2) is 17.5 Å². The van der Waals surface area contributed by atoms with Crippen LogP contribution in [0.3, 0.4) is 0 Å². The van der Waals surface area contributed by atoms with Crippen LogP contribution in [0.2, 0.25) is 0 Å². The summed E-state index contributed by atoms with van der Waals surface area (Å²) >= 11 is 0. The molecule has 8 nitrogen and oxygen atoms in total. The number of pyridine rings is 1. The van der Waals surface area contributed by atoms with Gasteiger partial charge in [-0.3, -0.25) is 9.78 Å². The largest absolute Gasteiger partial charge is 0.326 e. The lowest BCUT2D eigenvalue weighted by molar-refractivity contribution is 0.747. The summed E-state index contributed by atoms with van der Waals surface area (Å²) in [5.41, 5.74) is -0.802. The van der Waals surface area contributed by atoms with Crippen LogP contribution in [0.4, 0.5) is 0 Å². The van der Waals surface area contributed by atoms with Crippen molar-refractivity contribution in [2.24, 2.45) is 0 Å². The molecule has 0 fully saturated rings. The maximum atomic E-state index is 11.5. The van der Waals surface area contributed by atoms with E-state index in [2.05, 4.69) is 25.0 Å². The van der Waals surface area contributed by atoms with E-state index < -0.39 is 11.2 Å². The molecule has 0 spiro atoms. The number of nitrogens with zero attached hydrogens (tertiary/aromatic N) is 4. The van der Waals surface area contributed by atoms with E-state index in [4.69, 9.17) is 0 Å². The Morgan fingerprint density at radius 3 is 2.64 bits per heavy atom. The molecule has 112 valence electrons. The van der Waals surface area contributed by atoms with Gasteiger partial charge >= 0.3 is 5.69 Å². The summed E-state index contributed by atoms with van der Waals surface area (Å²) in [7, 11) is 0. The zero-order chi connectivity index (χ0) is 15.7. The Kier molecular flexibility index (Phi) is 3.42. The monoisotopic (exact) mass is 298 g/mol. The predicted octanol–water partition coefficient (Wildman–Crippen LogP) is 0.829. The molecule has 0 aliphatic rings. The summed E-state index contributed by atoms with van der Waals surface area (Å²) in [5.74, 6) is 1.61. The summed E-state index contributed by atoms with van der Waals surface area (Å²) in [6, 6.07) is 6.66. The van der Waals surface area contributed by atoms with E-state index in [1.165, 1.54) is 10.7 Å². The van der Waals surface area contributed by atoms with Crippen LogP contribution >= 0.6 is 0 Å². The molecule has 0 saturated heterocycles. The quantitative estimate of drug-likeness (QED) is 0.744. The first kappa shape index (κ1) is 13.9. The molecule has 0 atom stereocenters. The molecule has 3 heterocycles. The SMILES string of the molecule is CC(C)c1nc(-c2cc(=O)[nH]c(=O)[nH]2)n(-c2ccccn2)n1. The van der Waals surface area contributed by atoms with E-state index >= 15 is 0 Å². The molecule has 0 aliphatic heterocycles. The average Bonchev–Trinajstić information content (AvgIpc) is 2.92. The van der Waals surface area contributed by atoms with Crippen molar-refractivity contribution in [2.45, 2.75) is 19.8 Å². The van der Waals surface area contributed by atoms with Gasteiger partial charge in [0.05, 0.1) is 5.69 Å². The molecular weight excluding hydrogens is 284 g/mol. The van der Waals surface area contributed by atoms with Crippen molar-refractivity contribution in [3.05, 3.63) is 57.1 Å². The van der Waals surface area contributed by atoms with Gasteiger partial charge in [-0.05, 0) is 12.1 Å². The average molecular weight is 298 g/mol. The zero-order valence-electron chi connectivity index (χ0n) is 12.1. The van der Waals surface area contributed by atoms with Gasteiger partial charge in [-0.1, -0.05) is 19.9 Å². The lowest BCUT2D eigenvalue weighted by Crippen LogP contribution is -2.22. The highest BCUT2D eigenvalue weighted by Gasteiger charge is 2.17. The summed E-state index contributed by atoms with van der Waals surface area (Å²) in [6.45, 7) is 3.92. The third-order valence-corrected chi connectivity index (χ3v) is 3.01. The predicted molar refractivity (Wildman–Crippen MR) is 79.9 cm³/mol. The highest BCUT2D eigenvalue weighted by atomic mass is 16.2. The van der Waals surface area contributed by atoms with Gasteiger partial charge in [0.25, 0.3) is 5.56 Å². The van der Waals surface area contributed by atoms with E-state index in [-0.39, 0.29) is 5.92 Å². The van der Waals surface area contributed by atoms with Crippen LogP contribution in [-0.2, 0) is 0 Å². The maximum Gasteiger partial charge on any atom is 0.326 e. The molecule has 3 aromatic heterocycles. The first-order valence-electron chi connectivity index (χ1n) is 6.77. The number of aromatic nitrogens is 6. The lowest BCUT2D eigenvalue weighted by atomic mass is 10.2. The Labute approximate surface area is 124 Å². The van der Waals surface area contributed by atoms with Crippen molar-refractivity contribution >= 4 is 0 Å². The highest BCUT2D eigenvalue weighted by molar-refractivity contribution is 5.51. The fraction of sp³-hybridized carbons (Fsp3) is 0.214. The molecule has 3 rings (SSSR count). The van der Waals surface area contributed by atoms with Crippen molar-refractivity contribution in [3.8, 4) is 17.3 Å². The van der Waals surface area contributed by atoms with E-state index in [9.17, 15) is 9.59 Å². The summed E-state index contributed by atoms with van der Waals surface area (Å²) < 4.78 is 1.51. The van der Waals surface area contributed by atoms with Gasteiger partial charge in [0.1, 0.15) is 0 Å². The van der Waals surface area contributed by atoms with E-state index in [1.54, 1.807) is 18.3 Å². The van der Waals surface area contributed by atoms with Gasteiger partial charge < -0.3 is 4.98 Å². The fourth-order valence-electron chi connectivity index (χ4n) is 1.97. The Balaban J connectivity index is 2.26. The Bertz CT molecular complexity index is 879. The van der Waals surface area contributed by atoms with Crippen molar-refractivity contribution in [1.29, 1.82) is 0 Å². The minimum absolute atomic E-state index is 0.0948. The molecule has 3 aromatic rings. The fourth-order valence-corrected chi connectivity index (χ4v) is 1.97. The number of hydrogen-bond donors (Lipinski definition) is 2. The van der Waals surface area contributed by atoms with E-state index in [1.807, 2.05) is 19.9 Å². The first-order valence-corrected chi connectivity index (χ1v) is 6.77. The van der Waals surface area contributed by atoms with Crippen molar-refractivity contribution in [2.75, 3.05) is 0 Å². The van der Waals surface area contributed by atoms with Gasteiger partial charge in [-0.2, -0.15) is 4.68 Å². The van der Waals surface area contributed by atoms with Crippen molar-refractivity contribution in [3.63, 3.8) is 0 Å². The van der Waals surface area contributed by atoms with Gasteiger partial charge in [-0.15, -0.1) is 5.10 Å². The summed E-state index contributed by atoms with van der Waals surface area (Å²) in [5, 5.41) is 4.42. The lowest BCUT2D eigenvalue weighted by Gasteiger charge is -2.03. The number of hydrogen-bond acceptors (Lipinski definition) is 5. The molecule has 0 amide bonds. The smallest absolute Gasteiger partial charge is 0.304 e. The maximum absolute atomic E-state index is 11.5. The van der Waals surface area contributed by atoms with Crippen molar-refractivity contribution < 1.29 is 0 Å². The molecule has 0 saturated carbocycles. The molecule has 0 aliphatic carbocycles. The molecule has 0 unspecified atom stereocenters. The topological polar surface area (TPSA) is 109 Å². The first-order chi connectivity index (χ1) is 10.5. The molecule has 8 heteroatoms. The second-order valence-electron chi connectivity index (χ2n) is 5.05. The van der Waals surface area contributed by atoms with Gasteiger partial charge in [0, 0.05) is 18.2 Å². The zero-order valence-corrected chi connectivity index (χ0v) is 12.1. The third kappa shape index (κ3) is 2.58. The number of H-pyrrole nitrogens is 2. The summed E-state index contributed by atoms with van der Waals surface area (Å²) in [4.78, 5) is 36.4. The second kappa shape index (κ2) is 5.40. The normalized spacial score (nSPS) is 11.0. The van der Waals surface area contributed by atoms with Crippen LogP contribution in [0.1, 0.15) is 25.6 Å². The molecule has 22 heavy (non-hydrogen) atoms. The van der Waals surface area contributed by atoms with Crippen LogP contribution in [0, 0.1) is 0 Å². The Morgan fingerprint density at radius 1 is 1.18 bits per heavy atom. The van der Waals surface area contributed by atoms with Crippen LogP contribution < -0.4 is 11.2 Å². The number of rotatable bonds is 3. The van der Waals surface area contributed by atoms with Crippen molar-refractivity contribution in [1.82, 2.24) is 29.7 Å². The van der Waals surface area contributed by atoms with Gasteiger partial charge in [-0.25, -0.2) is 14.8 Å². The standard InChI is InChI=1S/C14H14N6O2/c1-8(2)12-18-13(9-7-11(21)17-14(22)16-9)20(19-12)10-5-3-4-6-15-10/h3-8H,1-2H3,(H2,16,17,21,22). The van der Waals surface area contributed by atoms with Gasteiger partial charge in [0.2, 0.25) is 0 Å². The minimum Gasteiger partial charge on any atom is -0.304 e. The van der Waals surface area contributed by atoms with E-state index in [0.29, 0.717) is 23.2 Å². The van der Waals surface area contributed by atoms with Crippen LogP contribution in [0.5, 0.6) is 0 Å². The van der Waals surface area contributed by atoms with Crippen LogP contribution in [0.25, 0.3) is 17.3 Å². The third-order valence-electron chi connectivity index (χ3n) is 3.01.